The van der Waals surface area contributed by atoms with Crippen molar-refractivity contribution in [2.45, 2.75) is 30.0 Å². The van der Waals surface area contributed by atoms with Crippen LogP contribution in [0.5, 0.6) is 0 Å². The number of carbonyl (C=O) groups is 1. The molecular formula is C10H17N7O7S. The SMILES string of the molecule is NC1=N[C@H]2[C@H](COC(=O)NS(=O)(=O)O)N=C(N)N3CCC(O)(O)C23N1. The largest absolute Gasteiger partial charge is 0.446 e. The molecule has 9 N–H and O–H groups in total. The van der Waals surface area contributed by atoms with Gasteiger partial charge in [-0.25, -0.2) is 14.8 Å². The zero-order chi connectivity index (χ0) is 18.6. The second kappa shape index (κ2) is 5.32. The van der Waals surface area contributed by atoms with Crippen LogP contribution in [0.4, 0.5) is 4.79 Å². The van der Waals surface area contributed by atoms with E-state index in [4.69, 9.17) is 20.8 Å². The topological polar surface area (TPSA) is 225 Å². The van der Waals surface area contributed by atoms with Crippen LogP contribution in [-0.4, -0.2) is 82.8 Å². The fraction of sp³-hybridized carbons (Fsp3) is 0.700. The molecule has 15 heteroatoms. The third-order valence-corrected chi connectivity index (χ3v) is 4.71. The summed E-state index contributed by atoms with van der Waals surface area (Å²) in [5.74, 6) is -2.39. The monoisotopic (exact) mass is 379 g/mol. The van der Waals surface area contributed by atoms with Gasteiger partial charge in [0.1, 0.15) is 18.7 Å². The Labute approximate surface area is 141 Å². The molecule has 0 aromatic carbocycles. The standard InChI is InChI=1S/C10H17N7O7S/c11-6-14-5-4(3-24-8(18)16-25(21,22)23)13-7(12)17-2-1-9(19,20)10(5,17)15-6/h4-5,19-20H,1-3H2,(H2,12,13)(H,16,18)(H3,11,14,15)(H,21,22,23)/t4-,5-,10?/m0/s1. The average Bonchev–Trinajstić information content (AvgIpc) is 2.93. The van der Waals surface area contributed by atoms with Crippen molar-refractivity contribution < 1.29 is 32.7 Å². The van der Waals surface area contributed by atoms with Gasteiger partial charge in [-0.2, -0.15) is 13.1 Å². The maximum Gasteiger partial charge on any atom is 0.422 e. The highest BCUT2D eigenvalue weighted by molar-refractivity contribution is 7.84. The molecule has 3 aliphatic heterocycles. The smallest absolute Gasteiger partial charge is 0.422 e. The van der Waals surface area contributed by atoms with Crippen molar-refractivity contribution in [2.75, 3.05) is 13.2 Å². The minimum atomic E-state index is -4.78. The summed E-state index contributed by atoms with van der Waals surface area (Å²) in [7, 11) is -4.78. The molecule has 3 aliphatic rings. The number of hydrogen-bond donors (Lipinski definition) is 7. The van der Waals surface area contributed by atoms with Crippen molar-refractivity contribution in [3.05, 3.63) is 0 Å². The summed E-state index contributed by atoms with van der Waals surface area (Å²) < 4.78 is 35.6. The van der Waals surface area contributed by atoms with Crippen LogP contribution in [0.15, 0.2) is 9.98 Å². The Morgan fingerprint density at radius 3 is 2.76 bits per heavy atom. The van der Waals surface area contributed by atoms with Gasteiger partial charge in [0.15, 0.2) is 17.6 Å². The fourth-order valence-electron chi connectivity index (χ4n) is 3.35. The maximum atomic E-state index is 11.4. The summed E-state index contributed by atoms with van der Waals surface area (Å²) in [6, 6.07) is -1.95. The van der Waals surface area contributed by atoms with Gasteiger partial charge in [0.05, 0.1) is 0 Å². The number of rotatable bonds is 3. The van der Waals surface area contributed by atoms with E-state index in [1.807, 2.05) is 0 Å². The van der Waals surface area contributed by atoms with Gasteiger partial charge in [-0.05, 0) is 0 Å². The first-order chi connectivity index (χ1) is 11.5. The van der Waals surface area contributed by atoms with Crippen molar-refractivity contribution in [2.24, 2.45) is 21.5 Å². The van der Waals surface area contributed by atoms with E-state index in [0.717, 1.165) is 0 Å². The summed E-state index contributed by atoms with van der Waals surface area (Å²) in [5, 5.41) is 23.5. The normalized spacial score (nSPS) is 32.8. The first kappa shape index (κ1) is 17.5. The van der Waals surface area contributed by atoms with Crippen LogP contribution < -0.4 is 21.5 Å². The Hall–Kier alpha value is -2.36. The van der Waals surface area contributed by atoms with Crippen molar-refractivity contribution >= 4 is 28.3 Å². The van der Waals surface area contributed by atoms with Gasteiger partial charge < -0.3 is 36.6 Å². The van der Waals surface area contributed by atoms with Crippen LogP contribution in [0.2, 0.25) is 0 Å². The first-order valence-corrected chi connectivity index (χ1v) is 8.49. The minimum Gasteiger partial charge on any atom is -0.446 e. The van der Waals surface area contributed by atoms with E-state index in [1.165, 1.54) is 9.62 Å². The molecule has 1 fully saturated rings. The minimum absolute atomic E-state index is 0.0533. The number of amides is 1. The van der Waals surface area contributed by atoms with Crippen LogP contribution >= 0.6 is 0 Å². The molecular weight excluding hydrogens is 362 g/mol. The van der Waals surface area contributed by atoms with Crippen molar-refractivity contribution in [3.63, 3.8) is 0 Å². The summed E-state index contributed by atoms with van der Waals surface area (Å²) in [4.78, 5) is 21.0. The zero-order valence-electron chi connectivity index (χ0n) is 12.7. The lowest BCUT2D eigenvalue weighted by Gasteiger charge is -2.48. The molecule has 140 valence electrons. The van der Waals surface area contributed by atoms with Crippen molar-refractivity contribution in [1.29, 1.82) is 0 Å². The second-order valence-electron chi connectivity index (χ2n) is 5.80. The molecule has 0 bridgehead atoms. The number of aliphatic hydroxyl groups is 2. The van der Waals surface area contributed by atoms with Crippen LogP contribution in [-0.2, 0) is 15.0 Å². The number of nitrogens with zero attached hydrogens (tertiary/aromatic N) is 3. The maximum absolute atomic E-state index is 11.4. The predicted octanol–water partition coefficient (Wildman–Crippen LogP) is -4.42. The van der Waals surface area contributed by atoms with E-state index in [0.29, 0.717) is 0 Å². The van der Waals surface area contributed by atoms with Crippen LogP contribution in [0.3, 0.4) is 0 Å². The molecule has 25 heavy (non-hydrogen) atoms. The van der Waals surface area contributed by atoms with E-state index >= 15 is 0 Å². The number of carbonyl (C=O) groups excluding carboxylic acids is 1. The summed E-state index contributed by atoms with van der Waals surface area (Å²) in [6.45, 7) is -0.331. The van der Waals surface area contributed by atoms with E-state index in [2.05, 4.69) is 15.3 Å². The van der Waals surface area contributed by atoms with Gasteiger partial charge in [-0.15, -0.1) is 0 Å². The second-order valence-corrected chi connectivity index (χ2v) is 6.95. The van der Waals surface area contributed by atoms with Gasteiger partial charge in [0, 0.05) is 13.0 Å². The lowest BCUT2D eigenvalue weighted by atomic mass is 9.87. The van der Waals surface area contributed by atoms with E-state index in [9.17, 15) is 23.4 Å². The summed E-state index contributed by atoms with van der Waals surface area (Å²) in [5.41, 5.74) is 9.96. The molecule has 3 heterocycles. The predicted molar refractivity (Wildman–Crippen MR) is 81.2 cm³/mol. The molecule has 1 saturated heterocycles. The number of guanidine groups is 2. The molecule has 1 amide bonds. The van der Waals surface area contributed by atoms with E-state index < -0.39 is 46.5 Å². The Kier molecular flexibility index (Phi) is 3.71. The van der Waals surface area contributed by atoms with Gasteiger partial charge in [0.2, 0.25) is 5.79 Å². The molecule has 1 spiro atoms. The molecule has 0 aromatic rings. The average molecular weight is 379 g/mol. The number of nitrogens with one attached hydrogen (secondary N) is 2. The van der Waals surface area contributed by atoms with Gasteiger partial charge in [0.25, 0.3) is 0 Å². The highest BCUT2D eigenvalue weighted by atomic mass is 32.2. The molecule has 0 radical (unpaired) electrons. The molecule has 0 aliphatic carbocycles. The van der Waals surface area contributed by atoms with Gasteiger partial charge >= 0.3 is 16.4 Å². The molecule has 0 aromatic heterocycles. The lowest BCUT2D eigenvalue weighted by molar-refractivity contribution is -0.221. The molecule has 3 rings (SSSR count). The number of aliphatic imine (C=N–C) groups is 2. The number of nitrogens with two attached hydrogens (primary N) is 2. The van der Waals surface area contributed by atoms with E-state index in [-0.39, 0.29) is 24.9 Å². The quantitative estimate of drug-likeness (QED) is 0.183. The highest BCUT2D eigenvalue weighted by Crippen LogP contribution is 2.44. The lowest BCUT2D eigenvalue weighted by Crippen LogP contribution is -2.76. The Balaban J connectivity index is 1.85. The van der Waals surface area contributed by atoms with Crippen LogP contribution in [0.25, 0.3) is 0 Å². The highest BCUT2D eigenvalue weighted by Gasteiger charge is 2.69. The summed E-state index contributed by atoms with van der Waals surface area (Å²) in [6.07, 6.45) is -1.51. The number of ether oxygens (including phenoxy) is 1. The third-order valence-electron chi connectivity index (χ3n) is 4.28. The number of hydrogen-bond acceptors (Lipinski definition) is 12. The van der Waals surface area contributed by atoms with Crippen molar-refractivity contribution in [3.8, 4) is 0 Å². The van der Waals surface area contributed by atoms with Crippen molar-refractivity contribution in [1.82, 2.24) is 14.9 Å². The molecule has 14 nitrogen and oxygen atoms in total. The summed E-state index contributed by atoms with van der Waals surface area (Å²) >= 11 is 0. The van der Waals surface area contributed by atoms with E-state index in [1.54, 1.807) is 0 Å². The van der Waals surface area contributed by atoms with Gasteiger partial charge in [-0.3, -0.25) is 4.55 Å². The zero-order valence-corrected chi connectivity index (χ0v) is 13.5. The van der Waals surface area contributed by atoms with Crippen LogP contribution in [0.1, 0.15) is 6.42 Å². The van der Waals surface area contributed by atoms with Crippen LogP contribution in [0, 0.1) is 0 Å². The molecule has 0 saturated carbocycles. The van der Waals surface area contributed by atoms with Gasteiger partial charge in [-0.1, -0.05) is 0 Å². The molecule has 3 atom stereocenters. The first-order valence-electron chi connectivity index (χ1n) is 7.05. The third kappa shape index (κ3) is 2.70. The Morgan fingerprint density at radius 2 is 2.12 bits per heavy atom. The fourth-order valence-corrected chi connectivity index (χ4v) is 3.62. The Bertz CT molecular complexity index is 766. The Morgan fingerprint density at radius 1 is 1.44 bits per heavy atom. The molecule has 1 unspecified atom stereocenters.